The molecule has 0 saturated carbocycles. The summed E-state index contributed by atoms with van der Waals surface area (Å²) in [5, 5.41) is 10.4. The number of carboxylic acid groups (broad SMARTS) is 1. The second-order valence-corrected chi connectivity index (χ2v) is 6.77. The van der Waals surface area contributed by atoms with Crippen molar-refractivity contribution < 1.29 is 14.3 Å². The number of hydrogen-bond acceptors (Lipinski definition) is 5. The van der Waals surface area contributed by atoms with E-state index in [2.05, 4.69) is 9.97 Å². The van der Waals surface area contributed by atoms with Gasteiger partial charge in [0.25, 0.3) is 5.22 Å². The number of rotatable bonds is 6. The van der Waals surface area contributed by atoms with Gasteiger partial charge in [-0.05, 0) is 30.7 Å². The molecule has 0 bridgehead atoms. The lowest BCUT2D eigenvalue weighted by atomic mass is 10.0. The van der Waals surface area contributed by atoms with Gasteiger partial charge in [-0.3, -0.25) is 9.78 Å². The molecular weight excluding hydrogens is 360 g/mol. The minimum absolute atomic E-state index is 0.337. The highest BCUT2D eigenvalue weighted by Gasteiger charge is 2.25. The summed E-state index contributed by atoms with van der Waals surface area (Å²) in [4.78, 5) is 20.0. The number of nitrogens with zero attached hydrogens (tertiary/aromatic N) is 2. The Morgan fingerprint density at radius 1 is 1.32 bits per heavy atom. The first-order valence-electron chi connectivity index (χ1n) is 7.56. The summed E-state index contributed by atoms with van der Waals surface area (Å²) in [6.45, 7) is 1.58. The van der Waals surface area contributed by atoms with E-state index < -0.39 is 11.9 Å². The van der Waals surface area contributed by atoms with Crippen LogP contribution in [0.1, 0.15) is 24.2 Å². The third-order valence-electron chi connectivity index (χ3n) is 3.60. The van der Waals surface area contributed by atoms with Gasteiger partial charge in [0.2, 0.25) is 0 Å². The van der Waals surface area contributed by atoms with E-state index in [0.29, 0.717) is 27.5 Å². The van der Waals surface area contributed by atoms with E-state index in [0.717, 1.165) is 11.1 Å². The maximum Gasteiger partial charge on any atom is 0.314 e. The highest BCUT2D eigenvalue weighted by atomic mass is 35.5. The van der Waals surface area contributed by atoms with Gasteiger partial charge < -0.3 is 9.52 Å². The molecule has 25 heavy (non-hydrogen) atoms. The minimum atomic E-state index is -0.963. The van der Waals surface area contributed by atoms with E-state index in [-0.39, 0.29) is 0 Å². The molecule has 3 rings (SSSR count). The number of pyridine rings is 1. The molecular formula is C18H15ClN2O3S. The van der Waals surface area contributed by atoms with Gasteiger partial charge >= 0.3 is 5.97 Å². The van der Waals surface area contributed by atoms with E-state index in [9.17, 15) is 9.90 Å². The number of benzene rings is 1. The number of thioether (sulfide) groups is 1. The monoisotopic (exact) mass is 374 g/mol. The Bertz CT molecular complexity index is 866. The number of halogens is 1. The zero-order valence-electron chi connectivity index (χ0n) is 13.3. The number of hydrogen-bond donors (Lipinski definition) is 1. The maximum atomic E-state index is 11.4. The van der Waals surface area contributed by atoms with Crippen LogP contribution in [0.15, 0.2) is 58.4 Å². The number of aliphatic carboxylic acids is 1. The molecule has 0 saturated heterocycles. The fourth-order valence-electron chi connectivity index (χ4n) is 2.22. The normalized spacial score (nSPS) is 12.1. The molecule has 1 unspecified atom stereocenters. The topological polar surface area (TPSA) is 76.2 Å². The standard InChI is InChI=1S/C18H15ClN2O3S/c1-11(17(22)23)16-15(13-4-6-14(19)7-5-13)21-18(24-16)25-10-12-3-2-8-20-9-12/h2-9,11H,10H2,1H3,(H,22,23). The van der Waals surface area contributed by atoms with Crippen LogP contribution < -0.4 is 0 Å². The number of carbonyl (C=O) groups is 1. The van der Waals surface area contributed by atoms with Crippen LogP contribution in [-0.2, 0) is 10.5 Å². The molecule has 128 valence electrons. The average molecular weight is 375 g/mol. The van der Waals surface area contributed by atoms with Crippen LogP contribution in [0, 0.1) is 0 Å². The Kier molecular flexibility index (Phi) is 5.40. The fraction of sp³-hybridized carbons (Fsp3) is 0.167. The van der Waals surface area contributed by atoms with Crippen LogP contribution in [0.5, 0.6) is 0 Å². The Balaban J connectivity index is 1.91. The van der Waals surface area contributed by atoms with Crippen molar-refractivity contribution in [2.24, 2.45) is 0 Å². The second kappa shape index (κ2) is 7.72. The van der Waals surface area contributed by atoms with Gasteiger partial charge in [0.15, 0.2) is 0 Å². The SMILES string of the molecule is CC(C(=O)O)c1oc(SCc2cccnc2)nc1-c1ccc(Cl)cc1. The summed E-state index contributed by atoms with van der Waals surface area (Å²) in [6.07, 6.45) is 3.49. The second-order valence-electron chi connectivity index (χ2n) is 5.41. The van der Waals surface area contributed by atoms with Crippen molar-refractivity contribution in [2.45, 2.75) is 23.8 Å². The Hall–Kier alpha value is -2.31. The third-order valence-corrected chi connectivity index (χ3v) is 4.75. The van der Waals surface area contributed by atoms with Gasteiger partial charge in [0.05, 0.1) is 0 Å². The molecule has 1 N–H and O–H groups in total. The summed E-state index contributed by atoms with van der Waals surface area (Å²) < 4.78 is 5.76. The van der Waals surface area contributed by atoms with Crippen molar-refractivity contribution in [3.63, 3.8) is 0 Å². The highest BCUT2D eigenvalue weighted by molar-refractivity contribution is 7.98. The number of oxazole rings is 1. The zero-order chi connectivity index (χ0) is 17.8. The van der Waals surface area contributed by atoms with Crippen LogP contribution in [0.3, 0.4) is 0 Å². The average Bonchev–Trinajstić information content (AvgIpc) is 3.05. The molecule has 0 aliphatic rings. The summed E-state index contributed by atoms with van der Waals surface area (Å²) in [5.74, 6) is -0.792. The van der Waals surface area contributed by atoms with Gasteiger partial charge in [-0.15, -0.1) is 0 Å². The molecule has 3 aromatic rings. The zero-order valence-corrected chi connectivity index (χ0v) is 14.9. The molecule has 7 heteroatoms. The quantitative estimate of drug-likeness (QED) is 0.620. The molecule has 5 nitrogen and oxygen atoms in total. The van der Waals surface area contributed by atoms with Crippen molar-refractivity contribution in [2.75, 3.05) is 0 Å². The molecule has 1 aromatic carbocycles. The number of aromatic nitrogens is 2. The Morgan fingerprint density at radius 2 is 2.08 bits per heavy atom. The summed E-state index contributed by atoms with van der Waals surface area (Å²) >= 11 is 7.33. The summed E-state index contributed by atoms with van der Waals surface area (Å²) in [5.41, 5.74) is 2.33. The maximum absolute atomic E-state index is 11.4. The number of carboxylic acids is 1. The summed E-state index contributed by atoms with van der Waals surface area (Å²) in [6, 6.07) is 10.9. The van der Waals surface area contributed by atoms with E-state index >= 15 is 0 Å². The lowest BCUT2D eigenvalue weighted by molar-refractivity contribution is -0.138. The van der Waals surface area contributed by atoms with Crippen molar-refractivity contribution >= 4 is 29.3 Å². The predicted molar refractivity (Wildman–Crippen MR) is 96.8 cm³/mol. The molecule has 0 radical (unpaired) electrons. The molecule has 0 fully saturated rings. The van der Waals surface area contributed by atoms with Crippen molar-refractivity contribution in [1.29, 1.82) is 0 Å². The fourth-order valence-corrected chi connectivity index (χ4v) is 3.11. The molecule has 2 aromatic heterocycles. The van der Waals surface area contributed by atoms with Gasteiger partial charge in [-0.2, -0.15) is 0 Å². The molecule has 0 aliphatic carbocycles. The van der Waals surface area contributed by atoms with Gasteiger partial charge in [0.1, 0.15) is 17.4 Å². The van der Waals surface area contributed by atoms with Gasteiger partial charge in [-0.25, -0.2) is 4.98 Å². The van der Waals surface area contributed by atoms with Gasteiger partial charge in [-0.1, -0.05) is 41.6 Å². The lowest BCUT2D eigenvalue weighted by Gasteiger charge is -2.05. The molecule has 0 spiro atoms. The molecule has 0 amide bonds. The predicted octanol–water partition coefficient (Wildman–Crippen LogP) is 4.87. The largest absolute Gasteiger partial charge is 0.481 e. The Morgan fingerprint density at radius 3 is 2.72 bits per heavy atom. The minimum Gasteiger partial charge on any atom is -0.481 e. The van der Waals surface area contributed by atoms with E-state index in [1.54, 1.807) is 43.6 Å². The van der Waals surface area contributed by atoms with Crippen LogP contribution >= 0.6 is 23.4 Å². The van der Waals surface area contributed by atoms with E-state index in [4.69, 9.17) is 16.0 Å². The first-order chi connectivity index (χ1) is 12.0. The molecule has 2 heterocycles. The van der Waals surface area contributed by atoms with Gasteiger partial charge in [0, 0.05) is 28.7 Å². The van der Waals surface area contributed by atoms with Crippen LogP contribution in [0.2, 0.25) is 5.02 Å². The third kappa shape index (κ3) is 4.21. The van der Waals surface area contributed by atoms with Crippen molar-refractivity contribution in [3.8, 4) is 11.3 Å². The first-order valence-corrected chi connectivity index (χ1v) is 8.92. The summed E-state index contributed by atoms with van der Waals surface area (Å²) in [7, 11) is 0. The lowest BCUT2D eigenvalue weighted by Crippen LogP contribution is -2.07. The van der Waals surface area contributed by atoms with Crippen LogP contribution in [0.25, 0.3) is 11.3 Å². The van der Waals surface area contributed by atoms with Crippen LogP contribution in [-0.4, -0.2) is 21.0 Å². The smallest absolute Gasteiger partial charge is 0.314 e. The molecule has 0 aliphatic heterocycles. The van der Waals surface area contributed by atoms with Crippen LogP contribution in [0.4, 0.5) is 0 Å². The first kappa shape index (κ1) is 17.5. The highest BCUT2D eigenvalue weighted by Crippen LogP contribution is 2.34. The molecule has 1 atom stereocenters. The van der Waals surface area contributed by atoms with Crippen molar-refractivity contribution in [1.82, 2.24) is 9.97 Å². The van der Waals surface area contributed by atoms with E-state index in [1.165, 1.54) is 11.8 Å². The Labute approximate surface area is 154 Å². The van der Waals surface area contributed by atoms with Crippen molar-refractivity contribution in [3.05, 3.63) is 65.1 Å². The van der Waals surface area contributed by atoms with E-state index in [1.807, 2.05) is 12.1 Å².